The molecule has 0 atom stereocenters. The fourth-order valence-electron chi connectivity index (χ4n) is 1.88. The summed E-state index contributed by atoms with van der Waals surface area (Å²) in [4.78, 5) is 30.9. The molecule has 1 saturated heterocycles. The lowest BCUT2D eigenvalue weighted by Gasteiger charge is -2.22. The lowest BCUT2D eigenvalue weighted by molar-refractivity contribution is -0.126. The molecule has 2 rings (SSSR count). The number of hydrogen-bond donors (Lipinski definition) is 0. The maximum Gasteiger partial charge on any atom is 0.446 e. The van der Waals surface area contributed by atoms with Gasteiger partial charge in [0.05, 0.1) is 12.3 Å². The van der Waals surface area contributed by atoms with Crippen LogP contribution in [0, 0.1) is 13.8 Å². The molecule has 1 aromatic rings. The summed E-state index contributed by atoms with van der Waals surface area (Å²) in [6.07, 6.45) is -0.553. The maximum atomic E-state index is 12.0. The quantitative estimate of drug-likeness (QED) is 0.475. The predicted molar refractivity (Wildman–Crippen MR) is 93.5 cm³/mol. The smallest absolute Gasteiger partial charge is 0.338 e. The Morgan fingerprint density at radius 3 is 2.83 bits per heavy atom. The molecule has 1 aliphatic rings. The Bertz CT molecular complexity index is 649. The van der Waals surface area contributed by atoms with Crippen molar-refractivity contribution in [2.75, 3.05) is 26.4 Å². The SMILES string of the molecule is Cc1ccc(SN(C)C(=O)ON=C2CN(C)C(=O)CS2)c(C)c1. The molecule has 0 saturated carbocycles. The molecule has 23 heavy (non-hydrogen) atoms. The highest BCUT2D eigenvalue weighted by Crippen LogP contribution is 2.26. The molecule has 1 aromatic carbocycles. The number of carbonyl (C=O) groups excluding carboxylic acids is 2. The largest absolute Gasteiger partial charge is 0.446 e. The summed E-state index contributed by atoms with van der Waals surface area (Å²) in [6.45, 7) is 4.39. The highest BCUT2D eigenvalue weighted by molar-refractivity contribution is 8.14. The molecule has 8 heteroatoms. The summed E-state index contributed by atoms with van der Waals surface area (Å²) in [5, 5.41) is 4.46. The van der Waals surface area contributed by atoms with E-state index in [1.54, 1.807) is 19.0 Å². The summed E-state index contributed by atoms with van der Waals surface area (Å²) in [7, 11) is 3.33. The van der Waals surface area contributed by atoms with Crippen LogP contribution >= 0.6 is 23.7 Å². The van der Waals surface area contributed by atoms with E-state index < -0.39 is 6.09 Å². The summed E-state index contributed by atoms with van der Waals surface area (Å²) < 4.78 is 1.39. The van der Waals surface area contributed by atoms with Crippen LogP contribution in [0.15, 0.2) is 28.3 Å². The molecule has 0 aliphatic carbocycles. The van der Waals surface area contributed by atoms with Crippen molar-refractivity contribution in [3.63, 3.8) is 0 Å². The van der Waals surface area contributed by atoms with Gasteiger partial charge in [0.2, 0.25) is 5.91 Å². The van der Waals surface area contributed by atoms with Gasteiger partial charge in [0.25, 0.3) is 0 Å². The molecule has 6 nitrogen and oxygen atoms in total. The van der Waals surface area contributed by atoms with E-state index in [2.05, 4.69) is 11.2 Å². The molecule has 0 radical (unpaired) electrons. The van der Waals surface area contributed by atoms with Crippen molar-refractivity contribution in [1.29, 1.82) is 0 Å². The van der Waals surface area contributed by atoms with Crippen LogP contribution in [-0.2, 0) is 9.63 Å². The second kappa shape index (κ2) is 7.74. The number of nitrogens with zero attached hydrogens (tertiary/aromatic N) is 3. The predicted octanol–water partition coefficient (Wildman–Crippen LogP) is 2.90. The molecule has 1 aliphatic heterocycles. The molecule has 1 heterocycles. The Kier molecular flexibility index (Phi) is 5.95. The van der Waals surface area contributed by atoms with Gasteiger partial charge in [-0.3, -0.25) is 9.63 Å². The van der Waals surface area contributed by atoms with Crippen LogP contribution in [0.1, 0.15) is 11.1 Å². The fourth-order valence-corrected chi connectivity index (χ4v) is 3.50. The summed E-state index contributed by atoms with van der Waals surface area (Å²) >= 11 is 2.59. The van der Waals surface area contributed by atoms with E-state index in [0.717, 1.165) is 10.5 Å². The zero-order valence-electron chi connectivity index (χ0n) is 13.5. The fraction of sp³-hybridized carbons (Fsp3) is 0.400. The Hall–Kier alpha value is -1.67. The van der Waals surface area contributed by atoms with Gasteiger partial charge < -0.3 is 4.90 Å². The third-order valence-corrected chi connectivity index (χ3v) is 5.21. The monoisotopic (exact) mass is 353 g/mol. The van der Waals surface area contributed by atoms with E-state index in [4.69, 9.17) is 4.84 Å². The summed E-state index contributed by atoms with van der Waals surface area (Å²) in [6, 6.07) is 6.04. The molecule has 124 valence electrons. The Balaban J connectivity index is 1.91. The Morgan fingerprint density at radius 2 is 2.17 bits per heavy atom. The van der Waals surface area contributed by atoms with E-state index in [0.29, 0.717) is 17.3 Å². The van der Waals surface area contributed by atoms with Crippen LogP contribution in [0.4, 0.5) is 4.79 Å². The van der Waals surface area contributed by atoms with Gasteiger partial charge in [0.1, 0.15) is 5.04 Å². The number of hydrogen-bond acceptors (Lipinski definition) is 6. The number of carbonyl (C=O) groups is 2. The van der Waals surface area contributed by atoms with Gasteiger partial charge >= 0.3 is 6.09 Å². The minimum Gasteiger partial charge on any atom is -0.338 e. The normalized spacial score (nSPS) is 16.6. The van der Waals surface area contributed by atoms with E-state index in [1.807, 2.05) is 26.0 Å². The van der Waals surface area contributed by atoms with Crippen molar-refractivity contribution >= 4 is 40.8 Å². The van der Waals surface area contributed by atoms with Gasteiger partial charge in [-0.25, -0.2) is 9.10 Å². The lowest BCUT2D eigenvalue weighted by atomic mass is 10.2. The zero-order chi connectivity index (χ0) is 17.0. The first kappa shape index (κ1) is 17.7. The number of rotatable bonds is 3. The third kappa shape index (κ3) is 4.90. The molecule has 0 aromatic heterocycles. The Morgan fingerprint density at radius 1 is 1.43 bits per heavy atom. The molecule has 0 unspecified atom stereocenters. The van der Waals surface area contributed by atoms with Gasteiger partial charge in [-0.15, -0.1) is 0 Å². The first-order valence-electron chi connectivity index (χ1n) is 7.00. The van der Waals surface area contributed by atoms with Crippen LogP contribution in [-0.4, -0.2) is 52.6 Å². The number of amides is 2. The molecule has 0 spiro atoms. The Labute approximate surface area is 144 Å². The van der Waals surface area contributed by atoms with E-state index in [1.165, 1.54) is 33.6 Å². The highest BCUT2D eigenvalue weighted by Gasteiger charge is 2.21. The summed E-state index contributed by atoms with van der Waals surface area (Å²) in [5.41, 5.74) is 2.28. The van der Waals surface area contributed by atoms with Crippen LogP contribution in [0.3, 0.4) is 0 Å². The second-order valence-corrected chi connectivity index (χ2v) is 7.46. The molecule has 0 N–H and O–H groups in total. The van der Waals surface area contributed by atoms with Crippen LogP contribution in [0.2, 0.25) is 0 Å². The minimum absolute atomic E-state index is 0.0443. The minimum atomic E-state index is -0.553. The first-order valence-corrected chi connectivity index (χ1v) is 8.76. The van der Waals surface area contributed by atoms with Gasteiger partial charge in [-0.1, -0.05) is 34.6 Å². The van der Waals surface area contributed by atoms with E-state index >= 15 is 0 Å². The average Bonchev–Trinajstić information content (AvgIpc) is 2.50. The van der Waals surface area contributed by atoms with Crippen molar-refractivity contribution in [1.82, 2.24) is 9.21 Å². The highest BCUT2D eigenvalue weighted by atomic mass is 32.2. The van der Waals surface area contributed by atoms with Crippen molar-refractivity contribution < 1.29 is 14.4 Å². The number of oxime groups is 1. The molecule has 2 amide bonds. The van der Waals surface area contributed by atoms with Crippen molar-refractivity contribution in [3.8, 4) is 0 Å². The first-order chi connectivity index (χ1) is 10.9. The van der Waals surface area contributed by atoms with Gasteiger partial charge in [-0.05, 0) is 37.4 Å². The van der Waals surface area contributed by atoms with Crippen molar-refractivity contribution in [2.45, 2.75) is 18.7 Å². The lowest BCUT2D eigenvalue weighted by Crippen LogP contribution is -2.37. The topological polar surface area (TPSA) is 62.2 Å². The van der Waals surface area contributed by atoms with E-state index in [9.17, 15) is 9.59 Å². The number of benzene rings is 1. The second-order valence-electron chi connectivity index (χ2n) is 5.24. The van der Waals surface area contributed by atoms with Crippen LogP contribution in [0.25, 0.3) is 0 Å². The third-order valence-electron chi connectivity index (χ3n) is 3.21. The van der Waals surface area contributed by atoms with E-state index in [-0.39, 0.29) is 5.91 Å². The number of thioether (sulfide) groups is 1. The number of aryl methyl sites for hydroxylation is 2. The van der Waals surface area contributed by atoms with Crippen LogP contribution in [0.5, 0.6) is 0 Å². The van der Waals surface area contributed by atoms with Gasteiger partial charge in [0.15, 0.2) is 0 Å². The van der Waals surface area contributed by atoms with Crippen LogP contribution < -0.4 is 0 Å². The maximum absolute atomic E-state index is 12.0. The zero-order valence-corrected chi connectivity index (χ0v) is 15.2. The molecular formula is C15H19N3O3S2. The van der Waals surface area contributed by atoms with Crippen molar-refractivity contribution in [2.24, 2.45) is 5.16 Å². The summed E-state index contributed by atoms with van der Waals surface area (Å²) in [5.74, 6) is 0.364. The molecule has 1 fully saturated rings. The standard InChI is InChI=1S/C15H19N3O3S2/c1-10-5-6-12(11(2)7-10)23-18(4)15(20)21-16-13-8-17(3)14(19)9-22-13/h5-7H,8-9H2,1-4H3. The molecular weight excluding hydrogens is 334 g/mol. The average molecular weight is 353 g/mol. The molecule has 0 bridgehead atoms. The van der Waals surface area contributed by atoms with Gasteiger partial charge in [0, 0.05) is 19.0 Å². The van der Waals surface area contributed by atoms with Crippen molar-refractivity contribution in [3.05, 3.63) is 29.3 Å². The van der Waals surface area contributed by atoms with Gasteiger partial charge in [-0.2, -0.15) is 0 Å².